The Bertz CT molecular complexity index is 1500. The lowest BCUT2D eigenvalue weighted by atomic mass is 10.1. The summed E-state index contributed by atoms with van der Waals surface area (Å²) in [4.78, 5) is 61.5. The Hall–Kier alpha value is -4.39. The lowest BCUT2D eigenvalue weighted by Gasteiger charge is -2.25. The minimum atomic E-state index is -1.06. The van der Waals surface area contributed by atoms with Crippen LogP contribution in [0.5, 0.6) is 5.88 Å². The summed E-state index contributed by atoms with van der Waals surface area (Å²) in [5.41, 5.74) is 3.62. The summed E-state index contributed by atoms with van der Waals surface area (Å²) in [7, 11) is 1.55. The van der Waals surface area contributed by atoms with Gasteiger partial charge in [-0.1, -0.05) is 0 Å². The number of nitrogens with one attached hydrogen (secondary N) is 1. The number of aliphatic carboxylic acids is 1. The number of aryl methyl sites for hydroxylation is 1. The Morgan fingerprint density at radius 2 is 2.07 bits per heavy atom. The maximum absolute atomic E-state index is 13.0. The molecular weight excluding hydrogens is 550 g/mol. The molecular formula is C28H29N5O7S. The van der Waals surface area contributed by atoms with Gasteiger partial charge in [0.05, 0.1) is 49.1 Å². The molecule has 2 aromatic heterocycles. The first-order valence-corrected chi connectivity index (χ1v) is 14.1. The molecule has 0 bridgehead atoms. The molecule has 5 rings (SSSR count). The summed E-state index contributed by atoms with van der Waals surface area (Å²) < 4.78 is 10.8. The number of rotatable bonds is 11. The number of anilines is 2. The monoisotopic (exact) mass is 579 g/mol. The van der Waals surface area contributed by atoms with E-state index in [1.54, 1.807) is 36.4 Å². The summed E-state index contributed by atoms with van der Waals surface area (Å²) in [5, 5.41) is 11.9. The highest BCUT2D eigenvalue weighted by molar-refractivity contribution is 8.00. The third kappa shape index (κ3) is 6.68. The molecule has 1 saturated heterocycles. The molecule has 4 heterocycles. The highest BCUT2D eigenvalue weighted by Crippen LogP contribution is 2.35. The van der Waals surface area contributed by atoms with Crippen molar-refractivity contribution in [2.75, 3.05) is 42.7 Å². The van der Waals surface area contributed by atoms with E-state index in [-0.39, 0.29) is 37.7 Å². The summed E-state index contributed by atoms with van der Waals surface area (Å²) >= 11 is 1.43. The van der Waals surface area contributed by atoms with Gasteiger partial charge in [-0.25, -0.2) is 9.78 Å². The second-order valence-electron chi connectivity index (χ2n) is 9.66. The van der Waals surface area contributed by atoms with Crippen LogP contribution in [0.4, 0.5) is 16.2 Å². The van der Waals surface area contributed by atoms with Gasteiger partial charge in [-0.05, 0) is 48.7 Å². The van der Waals surface area contributed by atoms with Crippen molar-refractivity contribution >= 4 is 58.0 Å². The maximum Gasteiger partial charge on any atom is 0.414 e. The minimum absolute atomic E-state index is 0.105. The lowest BCUT2D eigenvalue weighted by Crippen LogP contribution is -2.40. The van der Waals surface area contributed by atoms with Crippen molar-refractivity contribution in [2.24, 2.45) is 0 Å². The van der Waals surface area contributed by atoms with Crippen molar-refractivity contribution in [3.8, 4) is 5.88 Å². The van der Waals surface area contributed by atoms with Crippen molar-refractivity contribution in [3.63, 3.8) is 0 Å². The third-order valence-corrected chi connectivity index (χ3v) is 7.91. The number of carbonyl (C=O) groups excluding carboxylic acids is 3. The third-order valence-electron chi connectivity index (χ3n) is 6.84. The van der Waals surface area contributed by atoms with Crippen LogP contribution in [-0.2, 0) is 25.5 Å². The summed E-state index contributed by atoms with van der Waals surface area (Å²) in [6.07, 6.45) is 1.28. The molecule has 0 saturated carbocycles. The van der Waals surface area contributed by atoms with E-state index in [4.69, 9.17) is 14.6 Å². The van der Waals surface area contributed by atoms with Gasteiger partial charge in [-0.2, -0.15) is 0 Å². The Balaban J connectivity index is 1.26. The van der Waals surface area contributed by atoms with Crippen LogP contribution in [0, 0.1) is 0 Å². The van der Waals surface area contributed by atoms with Gasteiger partial charge in [0, 0.05) is 35.8 Å². The van der Waals surface area contributed by atoms with E-state index < -0.39 is 18.2 Å². The number of nitrogens with zero attached hydrogens (tertiary/aromatic N) is 4. The quantitative estimate of drug-likeness (QED) is 0.346. The van der Waals surface area contributed by atoms with Gasteiger partial charge in [0.2, 0.25) is 17.7 Å². The predicted molar refractivity (Wildman–Crippen MR) is 151 cm³/mol. The number of cyclic esters (lactones) is 1. The van der Waals surface area contributed by atoms with Crippen molar-refractivity contribution in [1.29, 1.82) is 0 Å². The van der Waals surface area contributed by atoms with E-state index in [0.717, 1.165) is 21.5 Å². The topological polar surface area (TPSA) is 151 Å². The van der Waals surface area contributed by atoms with E-state index in [2.05, 4.69) is 15.3 Å². The van der Waals surface area contributed by atoms with E-state index in [1.165, 1.54) is 16.7 Å². The Kier molecular flexibility index (Phi) is 8.53. The molecule has 3 amide bonds. The lowest BCUT2D eigenvalue weighted by molar-refractivity contribution is -0.141. The normalized spacial score (nSPS) is 16.2. The molecule has 41 heavy (non-hydrogen) atoms. The van der Waals surface area contributed by atoms with Crippen LogP contribution in [0.2, 0.25) is 0 Å². The van der Waals surface area contributed by atoms with Crippen molar-refractivity contribution in [3.05, 3.63) is 48.2 Å². The number of carboxylic acids is 1. The number of aromatic nitrogens is 2. The van der Waals surface area contributed by atoms with Crippen LogP contribution in [0.25, 0.3) is 11.0 Å². The van der Waals surface area contributed by atoms with Crippen LogP contribution < -0.4 is 15.0 Å². The van der Waals surface area contributed by atoms with E-state index in [1.807, 2.05) is 18.2 Å². The molecule has 2 aliphatic heterocycles. The molecule has 0 spiro atoms. The number of fused-ring (bicyclic) bond motifs is 2. The molecule has 13 heteroatoms. The van der Waals surface area contributed by atoms with Gasteiger partial charge in [0.1, 0.15) is 6.10 Å². The molecule has 1 aromatic carbocycles. The number of carboxylic acid groups (broad SMARTS) is 1. The van der Waals surface area contributed by atoms with Crippen LogP contribution >= 0.6 is 11.8 Å². The molecule has 0 unspecified atom stereocenters. The van der Waals surface area contributed by atoms with Gasteiger partial charge < -0.3 is 24.8 Å². The first kappa shape index (κ1) is 28.1. The Labute approximate surface area is 240 Å². The van der Waals surface area contributed by atoms with Gasteiger partial charge in [0.15, 0.2) is 0 Å². The highest BCUT2D eigenvalue weighted by atomic mass is 32.2. The molecule has 2 aliphatic rings. The first-order chi connectivity index (χ1) is 19.8. The zero-order valence-corrected chi connectivity index (χ0v) is 23.2. The zero-order valence-electron chi connectivity index (χ0n) is 22.4. The number of amides is 3. The smallest absolute Gasteiger partial charge is 0.414 e. The average molecular weight is 580 g/mol. The first-order valence-electron chi connectivity index (χ1n) is 13.1. The average Bonchev–Trinajstić information content (AvgIpc) is 3.34. The molecule has 0 aliphatic carbocycles. The van der Waals surface area contributed by atoms with Crippen LogP contribution in [0.1, 0.15) is 24.8 Å². The molecule has 3 aromatic rings. The number of methoxy groups -OCH3 is 1. The summed E-state index contributed by atoms with van der Waals surface area (Å²) in [6, 6.07) is 10.8. The molecule has 1 fully saturated rings. The number of hydrogen-bond donors (Lipinski definition) is 2. The fourth-order valence-corrected chi connectivity index (χ4v) is 5.63. The second-order valence-corrected chi connectivity index (χ2v) is 10.7. The van der Waals surface area contributed by atoms with E-state index in [0.29, 0.717) is 42.4 Å². The van der Waals surface area contributed by atoms with Crippen LogP contribution in [0.15, 0.2) is 47.5 Å². The minimum Gasteiger partial charge on any atom is -0.481 e. The van der Waals surface area contributed by atoms with Gasteiger partial charge in [-0.3, -0.25) is 24.3 Å². The van der Waals surface area contributed by atoms with Crippen molar-refractivity contribution in [1.82, 2.24) is 14.9 Å². The Morgan fingerprint density at radius 1 is 1.22 bits per heavy atom. The second kappa shape index (κ2) is 12.4. The maximum atomic E-state index is 13.0. The van der Waals surface area contributed by atoms with E-state index in [9.17, 15) is 19.2 Å². The molecule has 1 atom stereocenters. The fraction of sp³-hybridized carbons (Fsp3) is 0.357. The number of ether oxygens (including phenoxy) is 2. The molecule has 2 N–H and O–H groups in total. The highest BCUT2D eigenvalue weighted by Gasteiger charge is 2.35. The number of carbonyl (C=O) groups is 4. The van der Waals surface area contributed by atoms with Gasteiger partial charge >= 0.3 is 12.1 Å². The number of pyridine rings is 2. The summed E-state index contributed by atoms with van der Waals surface area (Å²) in [5.74, 6) is -0.669. The van der Waals surface area contributed by atoms with Crippen molar-refractivity contribution in [2.45, 2.75) is 36.7 Å². The number of thioether (sulfide) groups is 1. The standard InChI is InChI=1S/C28H29N5O7S/c1-39-24-7-5-20-27(31-24)17(10-11-29-20)3-2-12-32(25(35)8-9-26(36)37)14-19-15-33(28(38)40-19)18-4-6-22-21(13-18)30-23(34)16-41-22/h4-7,10-11,13,19H,2-3,8-9,12,14-16H2,1H3,(H,30,34)(H,36,37)/t19-/m1/s1. The number of hydrogen-bond acceptors (Lipinski definition) is 9. The van der Waals surface area contributed by atoms with Crippen LogP contribution in [-0.4, -0.2) is 82.5 Å². The molecule has 12 nitrogen and oxygen atoms in total. The summed E-state index contributed by atoms with van der Waals surface area (Å²) in [6.45, 7) is 0.671. The fourth-order valence-electron chi connectivity index (χ4n) is 4.84. The number of benzene rings is 1. The van der Waals surface area contributed by atoms with Gasteiger partial charge in [0.25, 0.3) is 0 Å². The largest absolute Gasteiger partial charge is 0.481 e. The predicted octanol–water partition coefficient (Wildman–Crippen LogP) is 3.33. The molecule has 0 radical (unpaired) electrons. The van der Waals surface area contributed by atoms with Crippen molar-refractivity contribution < 1.29 is 33.8 Å². The molecule has 214 valence electrons. The SMILES string of the molecule is COc1ccc2nccc(CCCN(C[C@@H]3CN(c4ccc5c(c4)NC(=O)CS5)C(=O)O3)C(=O)CCC(=O)O)c2n1. The zero-order chi connectivity index (χ0) is 28.9. The Morgan fingerprint density at radius 3 is 2.88 bits per heavy atom. The van der Waals surface area contributed by atoms with Gasteiger partial charge in [-0.15, -0.1) is 11.8 Å². The van der Waals surface area contributed by atoms with Crippen LogP contribution in [0.3, 0.4) is 0 Å². The van der Waals surface area contributed by atoms with E-state index >= 15 is 0 Å².